The van der Waals surface area contributed by atoms with Crippen LogP contribution in [0.2, 0.25) is 5.02 Å². The van der Waals surface area contributed by atoms with Crippen LogP contribution in [0.25, 0.3) is 33.1 Å². The molecule has 5 aromatic rings. The molecular formula is C25H17ClN4O2S. The summed E-state index contributed by atoms with van der Waals surface area (Å²) in [4.78, 5) is 22.0. The van der Waals surface area contributed by atoms with E-state index >= 15 is 0 Å². The second-order valence-electron chi connectivity index (χ2n) is 7.26. The van der Waals surface area contributed by atoms with E-state index in [9.17, 15) is 4.79 Å². The second-order valence-corrected chi connectivity index (χ2v) is 8.52. The van der Waals surface area contributed by atoms with Gasteiger partial charge in [-0.25, -0.2) is 4.98 Å². The summed E-state index contributed by atoms with van der Waals surface area (Å²) in [6.45, 7) is 1.70. The third kappa shape index (κ3) is 4.28. The van der Waals surface area contributed by atoms with Crippen LogP contribution in [0.5, 0.6) is 0 Å². The summed E-state index contributed by atoms with van der Waals surface area (Å²) >= 11 is 7.86. The molecule has 0 bridgehead atoms. The van der Waals surface area contributed by atoms with Crippen molar-refractivity contribution < 1.29 is 9.32 Å². The van der Waals surface area contributed by atoms with Gasteiger partial charge in [0.05, 0.1) is 10.7 Å². The molecule has 0 radical (unpaired) electrons. The SMILES string of the molecule is Cc1onc(-c2ccccc2Cl)c1C(=O)Nc1cccc(-c2csc(-c3cccnc3)n2)c1. The van der Waals surface area contributed by atoms with Crippen molar-refractivity contribution in [2.45, 2.75) is 6.92 Å². The highest BCUT2D eigenvalue weighted by atomic mass is 35.5. The Kier molecular flexibility index (Phi) is 5.73. The minimum atomic E-state index is -0.324. The highest BCUT2D eigenvalue weighted by molar-refractivity contribution is 7.13. The van der Waals surface area contributed by atoms with Gasteiger partial charge in [-0.15, -0.1) is 11.3 Å². The molecule has 1 N–H and O–H groups in total. The first-order valence-electron chi connectivity index (χ1n) is 10.1. The summed E-state index contributed by atoms with van der Waals surface area (Å²) in [5, 5.41) is 10.4. The Hall–Kier alpha value is -3.81. The lowest BCUT2D eigenvalue weighted by molar-refractivity contribution is 0.102. The van der Waals surface area contributed by atoms with E-state index < -0.39 is 0 Å². The van der Waals surface area contributed by atoms with E-state index in [0.29, 0.717) is 33.3 Å². The monoisotopic (exact) mass is 472 g/mol. The number of pyridine rings is 1. The Morgan fingerprint density at radius 2 is 1.91 bits per heavy atom. The molecule has 0 fully saturated rings. The Labute approximate surface area is 198 Å². The predicted octanol–water partition coefficient (Wildman–Crippen LogP) is 6.74. The third-order valence-corrected chi connectivity index (χ3v) is 6.27. The number of hydrogen-bond acceptors (Lipinski definition) is 6. The van der Waals surface area contributed by atoms with E-state index in [1.807, 2.05) is 53.9 Å². The van der Waals surface area contributed by atoms with Gasteiger partial charge in [-0.3, -0.25) is 9.78 Å². The van der Waals surface area contributed by atoms with Crippen molar-refractivity contribution in [1.29, 1.82) is 0 Å². The standard InChI is InChI=1S/C25H17ClN4O2S/c1-15-22(23(30-32-15)19-9-2-3-10-20(19)26)24(31)28-18-8-4-6-16(12-18)21-14-33-25(29-21)17-7-5-11-27-13-17/h2-14H,1H3,(H,28,31). The predicted molar refractivity (Wildman–Crippen MR) is 130 cm³/mol. The first kappa shape index (κ1) is 21.1. The van der Waals surface area contributed by atoms with E-state index in [2.05, 4.69) is 15.5 Å². The average Bonchev–Trinajstić information content (AvgIpc) is 3.47. The minimum absolute atomic E-state index is 0.324. The molecule has 0 aliphatic rings. The van der Waals surface area contributed by atoms with Gasteiger partial charge in [0, 0.05) is 40.2 Å². The molecule has 0 aliphatic carbocycles. The summed E-state index contributed by atoms with van der Waals surface area (Å²) < 4.78 is 5.32. The number of carbonyl (C=O) groups is 1. The maximum atomic E-state index is 13.2. The van der Waals surface area contributed by atoms with Gasteiger partial charge < -0.3 is 9.84 Å². The van der Waals surface area contributed by atoms with E-state index in [1.54, 1.807) is 42.8 Å². The second kappa shape index (κ2) is 8.97. The van der Waals surface area contributed by atoms with Gasteiger partial charge in [-0.2, -0.15) is 0 Å². The van der Waals surface area contributed by atoms with Crippen LogP contribution in [0, 0.1) is 6.92 Å². The van der Waals surface area contributed by atoms with Crippen LogP contribution in [-0.2, 0) is 0 Å². The summed E-state index contributed by atoms with van der Waals surface area (Å²) in [6.07, 6.45) is 3.52. The molecular weight excluding hydrogens is 456 g/mol. The van der Waals surface area contributed by atoms with Gasteiger partial charge in [0.25, 0.3) is 5.91 Å². The zero-order valence-electron chi connectivity index (χ0n) is 17.4. The summed E-state index contributed by atoms with van der Waals surface area (Å²) in [7, 11) is 0. The van der Waals surface area contributed by atoms with Crippen molar-refractivity contribution in [3.63, 3.8) is 0 Å². The van der Waals surface area contributed by atoms with Crippen molar-refractivity contribution in [1.82, 2.24) is 15.1 Å². The number of hydrogen-bond donors (Lipinski definition) is 1. The molecule has 3 aromatic heterocycles. The molecule has 0 spiro atoms. The first-order valence-corrected chi connectivity index (χ1v) is 11.3. The summed E-state index contributed by atoms with van der Waals surface area (Å²) in [6, 6.07) is 18.6. The molecule has 6 nitrogen and oxygen atoms in total. The molecule has 0 saturated carbocycles. The molecule has 5 rings (SSSR count). The molecule has 0 unspecified atom stereocenters. The Morgan fingerprint density at radius 1 is 1.06 bits per heavy atom. The summed E-state index contributed by atoms with van der Waals surface area (Å²) in [5.41, 5.74) is 4.72. The Morgan fingerprint density at radius 3 is 2.73 bits per heavy atom. The quantitative estimate of drug-likeness (QED) is 0.306. The van der Waals surface area contributed by atoms with Crippen molar-refractivity contribution >= 4 is 34.5 Å². The number of nitrogens with zero attached hydrogens (tertiary/aromatic N) is 3. The van der Waals surface area contributed by atoms with E-state index in [4.69, 9.17) is 21.1 Å². The van der Waals surface area contributed by atoms with Crippen molar-refractivity contribution in [2.24, 2.45) is 0 Å². The number of aromatic nitrogens is 3. The number of amides is 1. The lowest BCUT2D eigenvalue weighted by atomic mass is 10.1. The fourth-order valence-corrected chi connectivity index (χ4v) is 4.50. The minimum Gasteiger partial charge on any atom is -0.360 e. The zero-order chi connectivity index (χ0) is 22.8. The van der Waals surface area contributed by atoms with Crippen LogP contribution in [-0.4, -0.2) is 21.0 Å². The van der Waals surface area contributed by atoms with Crippen LogP contribution >= 0.6 is 22.9 Å². The van der Waals surface area contributed by atoms with Crippen LogP contribution < -0.4 is 5.32 Å². The molecule has 0 aliphatic heterocycles. The lowest BCUT2D eigenvalue weighted by Gasteiger charge is -2.08. The first-order chi connectivity index (χ1) is 16.1. The zero-order valence-corrected chi connectivity index (χ0v) is 19.0. The Bertz CT molecular complexity index is 1450. The molecule has 1 amide bonds. The van der Waals surface area contributed by atoms with Gasteiger partial charge in [-0.1, -0.05) is 47.1 Å². The van der Waals surface area contributed by atoms with Crippen LogP contribution in [0.3, 0.4) is 0 Å². The Balaban J connectivity index is 1.42. The number of carbonyl (C=O) groups excluding carboxylic acids is 1. The van der Waals surface area contributed by atoms with E-state index in [1.165, 1.54) is 0 Å². The molecule has 3 heterocycles. The number of anilines is 1. The maximum absolute atomic E-state index is 13.2. The fraction of sp³-hybridized carbons (Fsp3) is 0.0400. The van der Waals surface area contributed by atoms with E-state index in [-0.39, 0.29) is 5.91 Å². The number of halogens is 1. The van der Waals surface area contributed by atoms with Crippen LogP contribution in [0.15, 0.2) is 83.0 Å². The average molecular weight is 473 g/mol. The number of rotatable bonds is 5. The molecule has 162 valence electrons. The summed E-state index contributed by atoms with van der Waals surface area (Å²) in [5.74, 6) is 0.0920. The molecule has 33 heavy (non-hydrogen) atoms. The number of benzene rings is 2. The van der Waals surface area contributed by atoms with Gasteiger partial charge >= 0.3 is 0 Å². The van der Waals surface area contributed by atoms with Crippen molar-refractivity contribution in [3.05, 3.63) is 94.8 Å². The smallest absolute Gasteiger partial charge is 0.261 e. The van der Waals surface area contributed by atoms with E-state index in [0.717, 1.165) is 21.8 Å². The third-order valence-electron chi connectivity index (χ3n) is 5.05. The van der Waals surface area contributed by atoms with Crippen molar-refractivity contribution in [3.8, 4) is 33.1 Å². The van der Waals surface area contributed by atoms with Crippen LogP contribution in [0.4, 0.5) is 5.69 Å². The van der Waals surface area contributed by atoms with Gasteiger partial charge in [0.2, 0.25) is 0 Å². The van der Waals surface area contributed by atoms with Gasteiger partial charge in [0.15, 0.2) is 0 Å². The molecule has 8 heteroatoms. The highest BCUT2D eigenvalue weighted by Crippen LogP contribution is 2.32. The maximum Gasteiger partial charge on any atom is 0.261 e. The number of aryl methyl sites for hydroxylation is 1. The fourth-order valence-electron chi connectivity index (χ4n) is 3.45. The number of thiazole rings is 1. The molecule has 0 saturated heterocycles. The van der Waals surface area contributed by atoms with Crippen LogP contribution in [0.1, 0.15) is 16.1 Å². The number of nitrogens with one attached hydrogen (secondary N) is 1. The topological polar surface area (TPSA) is 80.9 Å². The highest BCUT2D eigenvalue weighted by Gasteiger charge is 2.23. The van der Waals surface area contributed by atoms with Gasteiger partial charge in [-0.05, 0) is 37.3 Å². The lowest BCUT2D eigenvalue weighted by Crippen LogP contribution is -2.13. The largest absolute Gasteiger partial charge is 0.360 e. The van der Waals surface area contributed by atoms with Gasteiger partial charge in [0.1, 0.15) is 22.0 Å². The molecule has 2 aromatic carbocycles. The van der Waals surface area contributed by atoms with Crippen molar-refractivity contribution in [2.75, 3.05) is 5.32 Å². The molecule has 0 atom stereocenters. The normalized spacial score (nSPS) is 10.8.